The first-order chi connectivity index (χ1) is 12.5. The average molecular weight is 417 g/mol. The highest BCUT2D eigenvalue weighted by Gasteiger charge is 2.51. The number of nitrogens with one attached hydrogen (secondary N) is 1. The first kappa shape index (κ1) is 17.2. The number of nitrogens with zero attached hydrogens (tertiary/aromatic N) is 1. The first-order valence-electron chi connectivity index (χ1n) is 8.67. The van der Waals surface area contributed by atoms with Crippen LogP contribution in [0.2, 0.25) is 0 Å². The minimum absolute atomic E-state index is 0.0627. The monoisotopic (exact) mass is 416 g/mol. The van der Waals surface area contributed by atoms with E-state index in [-0.39, 0.29) is 17.5 Å². The Morgan fingerprint density at radius 3 is 2.62 bits per heavy atom. The molecule has 134 valence electrons. The number of halogens is 2. The fourth-order valence-electron chi connectivity index (χ4n) is 3.52. The highest BCUT2D eigenvalue weighted by atomic mass is 79.9. The summed E-state index contributed by atoms with van der Waals surface area (Å²) >= 11 is 3.44. The van der Waals surface area contributed by atoms with Gasteiger partial charge in [-0.3, -0.25) is 9.59 Å². The number of anilines is 2. The molecule has 0 atom stereocenters. The van der Waals surface area contributed by atoms with Crippen molar-refractivity contribution in [2.24, 2.45) is 0 Å². The van der Waals surface area contributed by atoms with Gasteiger partial charge in [0.25, 0.3) is 0 Å². The molecule has 2 aromatic rings. The van der Waals surface area contributed by atoms with Gasteiger partial charge in [-0.2, -0.15) is 0 Å². The van der Waals surface area contributed by atoms with Crippen LogP contribution in [0.3, 0.4) is 0 Å². The van der Waals surface area contributed by atoms with Crippen molar-refractivity contribution in [2.45, 2.75) is 31.1 Å². The van der Waals surface area contributed by atoms with E-state index in [0.717, 1.165) is 29.3 Å². The average Bonchev–Trinajstić information content (AvgIpc) is 3.32. The van der Waals surface area contributed by atoms with Crippen molar-refractivity contribution in [3.05, 3.63) is 58.3 Å². The molecule has 1 aliphatic carbocycles. The maximum absolute atomic E-state index is 14.5. The molecule has 2 fully saturated rings. The van der Waals surface area contributed by atoms with Gasteiger partial charge in [0.1, 0.15) is 5.82 Å². The Hall–Kier alpha value is -2.21. The van der Waals surface area contributed by atoms with Gasteiger partial charge in [0, 0.05) is 23.1 Å². The third-order valence-electron chi connectivity index (χ3n) is 5.13. The molecule has 4 nitrogen and oxygen atoms in total. The fraction of sp³-hybridized carbons (Fsp3) is 0.300. The van der Waals surface area contributed by atoms with Crippen molar-refractivity contribution in [3.8, 4) is 0 Å². The van der Waals surface area contributed by atoms with Gasteiger partial charge in [-0.25, -0.2) is 4.39 Å². The van der Waals surface area contributed by atoms with Crippen LogP contribution < -0.4 is 10.2 Å². The smallest absolute Gasteiger partial charge is 0.235 e. The summed E-state index contributed by atoms with van der Waals surface area (Å²) in [6.45, 7) is 0.535. The van der Waals surface area contributed by atoms with E-state index in [1.165, 1.54) is 11.0 Å². The van der Waals surface area contributed by atoms with Gasteiger partial charge in [-0.05, 0) is 55.2 Å². The fourth-order valence-corrected chi connectivity index (χ4v) is 3.91. The topological polar surface area (TPSA) is 49.4 Å². The third-order valence-corrected chi connectivity index (χ3v) is 5.62. The summed E-state index contributed by atoms with van der Waals surface area (Å²) in [6, 6.07) is 12.2. The van der Waals surface area contributed by atoms with E-state index >= 15 is 0 Å². The van der Waals surface area contributed by atoms with Crippen molar-refractivity contribution in [2.75, 3.05) is 16.8 Å². The Morgan fingerprint density at radius 2 is 2.00 bits per heavy atom. The zero-order valence-corrected chi connectivity index (χ0v) is 15.7. The Bertz CT molecular complexity index is 895. The molecule has 0 aromatic heterocycles. The normalized spacial score (nSPS) is 18.1. The van der Waals surface area contributed by atoms with Crippen LogP contribution in [-0.4, -0.2) is 18.4 Å². The summed E-state index contributed by atoms with van der Waals surface area (Å²) in [7, 11) is 0. The summed E-state index contributed by atoms with van der Waals surface area (Å²) in [6.07, 6.45) is 2.75. The zero-order chi connectivity index (χ0) is 18.3. The van der Waals surface area contributed by atoms with E-state index in [2.05, 4.69) is 21.2 Å². The Labute approximate surface area is 159 Å². The molecular formula is C20H18BrFN2O2. The highest BCUT2D eigenvalue weighted by molar-refractivity contribution is 9.10. The molecule has 0 bridgehead atoms. The lowest BCUT2D eigenvalue weighted by Crippen LogP contribution is -2.28. The second-order valence-electron chi connectivity index (χ2n) is 6.86. The number of hydrogen-bond acceptors (Lipinski definition) is 2. The minimum atomic E-state index is -0.538. The molecule has 2 aromatic carbocycles. The van der Waals surface area contributed by atoms with Crippen LogP contribution in [0.4, 0.5) is 15.8 Å². The second-order valence-corrected chi connectivity index (χ2v) is 7.78. The molecule has 1 saturated heterocycles. The molecule has 26 heavy (non-hydrogen) atoms. The van der Waals surface area contributed by atoms with Gasteiger partial charge in [-0.1, -0.05) is 28.1 Å². The summed E-state index contributed by atoms with van der Waals surface area (Å²) in [5, 5.41) is 2.83. The Kier molecular flexibility index (Phi) is 4.31. The molecular weight excluding hydrogens is 399 g/mol. The van der Waals surface area contributed by atoms with Gasteiger partial charge in [-0.15, -0.1) is 0 Å². The van der Waals surface area contributed by atoms with Crippen molar-refractivity contribution in [1.82, 2.24) is 0 Å². The van der Waals surface area contributed by atoms with Crippen molar-refractivity contribution in [3.63, 3.8) is 0 Å². The molecule has 0 unspecified atom stereocenters. The standard InChI is InChI=1S/C20H18BrFN2O2/c21-14-4-1-3-13(11-14)20(8-9-20)19(26)23-15-6-7-17(16(22)12-15)24-10-2-5-18(24)25/h1,3-4,6-7,11-12H,2,5,8-10H2,(H,23,26). The quantitative estimate of drug-likeness (QED) is 0.803. The van der Waals surface area contributed by atoms with Gasteiger partial charge >= 0.3 is 0 Å². The van der Waals surface area contributed by atoms with E-state index in [1.807, 2.05) is 24.3 Å². The molecule has 4 rings (SSSR count). The van der Waals surface area contributed by atoms with E-state index in [4.69, 9.17) is 0 Å². The van der Waals surface area contributed by atoms with Crippen LogP contribution in [0.15, 0.2) is 46.9 Å². The van der Waals surface area contributed by atoms with Gasteiger partial charge in [0.15, 0.2) is 0 Å². The number of rotatable bonds is 4. The van der Waals surface area contributed by atoms with Crippen LogP contribution >= 0.6 is 15.9 Å². The van der Waals surface area contributed by atoms with Crippen LogP contribution in [0.5, 0.6) is 0 Å². The highest BCUT2D eigenvalue weighted by Crippen LogP contribution is 2.49. The predicted molar refractivity (Wildman–Crippen MR) is 102 cm³/mol. The number of carbonyl (C=O) groups is 2. The molecule has 2 aliphatic rings. The number of benzene rings is 2. The molecule has 1 heterocycles. The molecule has 2 amide bonds. The lowest BCUT2D eigenvalue weighted by Gasteiger charge is -2.19. The summed E-state index contributed by atoms with van der Waals surface area (Å²) < 4.78 is 15.4. The van der Waals surface area contributed by atoms with Crippen LogP contribution in [0, 0.1) is 5.82 Å². The molecule has 1 saturated carbocycles. The van der Waals surface area contributed by atoms with Crippen molar-refractivity contribution < 1.29 is 14.0 Å². The van der Waals surface area contributed by atoms with Crippen molar-refractivity contribution in [1.29, 1.82) is 0 Å². The summed E-state index contributed by atoms with van der Waals surface area (Å²) in [5.74, 6) is -0.683. The van der Waals surface area contributed by atoms with E-state index in [1.54, 1.807) is 12.1 Å². The van der Waals surface area contributed by atoms with E-state index in [9.17, 15) is 14.0 Å². The number of carbonyl (C=O) groups excluding carboxylic acids is 2. The SMILES string of the molecule is O=C1CCCN1c1ccc(NC(=O)C2(c3cccc(Br)c3)CC2)cc1F. The largest absolute Gasteiger partial charge is 0.325 e. The van der Waals surface area contributed by atoms with E-state index < -0.39 is 11.2 Å². The summed E-state index contributed by atoms with van der Waals surface area (Å²) in [5.41, 5.74) is 1.11. The molecule has 0 spiro atoms. The number of amides is 2. The van der Waals surface area contributed by atoms with Crippen molar-refractivity contribution >= 4 is 39.1 Å². The molecule has 1 N–H and O–H groups in total. The first-order valence-corrected chi connectivity index (χ1v) is 9.46. The van der Waals surface area contributed by atoms with Crippen LogP contribution in [0.25, 0.3) is 0 Å². The predicted octanol–water partition coefficient (Wildman–Crippen LogP) is 4.39. The van der Waals surface area contributed by atoms with E-state index in [0.29, 0.717) is 18.7 Å². The van der Waals surface area contributed by atoms with Gasteiger partial charge in [0.2, 0.25) is 11.8 Å². The maximum Gasteiger partial charge on any atom is 0.235 e. The lowest BCUT2D eigenvalue weighted by molar-refractivity contribution is -0.118. The Morgan fingerprint density at radius 1 is 1.19 bits per heavy atom. The molecule has 0 radical (unpaired) electrons. The third kappa shape index (κ3) is 3.03. The van der Waals surface area contributed by atoms with Crippen LogP contribution in [0.1, 0.15) is 31.2 Å². The minimum Gasteiger partial charge on any atom is -0.325 e. The van der Waals surface area contributed by atoms with Crippen LogP contribution in [-0.2, 0) is 15.0 Å². The van der Waals surface area contributed by atoms with Gasteiger partial charge < -0.3 is 10.2 Å². The Balaban J connectivity index is 1.53. The molecule has 6 heteroatoms. The maximum atomic E-state index is 14.5. The second kappa shape index (κ2) is 6.50. The lowest BCUT2D eigenvalue weighted by atomic mass is 9.95. The molecule has 1 aliphatic heterocycles. The van der Waals surface area contributed by atoms with Gasteiger partial charge in [0.05, 0.1) is 11.1 Å². The zero-order valence-electron chi connectivity index (χ0n) is 14.1. The number of hydrogen-bond donors (Lipinski definition) is 1. The summed E-state index contributed by atoms with van der Waals surface area (Å²) in [4.78, 5) is 26.1.